The highest BCUT2D eigenvalue weighted by Crippen LogP contribution is 2.36. The van der Waals surface area contributed by atoms with Crippen LogP contribution in [0.1, 0.15) is 11.1 Å². The molecule has 0 bridgehead atoms. The van der Waals surface area contributed by atoms with E-state index in [0.717, 1.165) is 12.1 Å². The van der Waals surface area contributed by atoms with Crippen molar-refractivity contribution in [1.82, 2.24) is 0 Å². The lowest BCUT2D eigenvalue weighted by Gasteiger charge is -2.15. The van der Waals surface area contributed by atoms with Crippen molar-refractivity contribution in [2.45, 2.75) is 12.6 Å². The fourth-order valence-corrected chi connectivity index (χ4v) is 2.40. The van der Waals surface area contributed by atoms with Gasteiger partial charge in [0.25, 0.3) is 0 Å². The normalized spacial score (nSPS) is 11.1. The molecular weight excluding hydrogens is 359 g/mol. The smallest absolute Gasteiger partial charge is 0.418 e. The Balaban J connectivity index is 2.22. The number of alkyl halides is 3. The number of benzene rings is 2. The van der Waals surface area contributed by atoms with Crippen LogP contribution in [0.3, 0.4) is 0 Å². The quantitative estimate of drug-likeness (QED) is 0.836. The van der Waals surface area contributed by atoms with Crippen molar-refractivity contribution in [2.75, 3.05) is 19.5 Å². The minimum absolute atomic E-state index is 0.0675. The molecule has 0 atom stereocenters. The third-order valence-electron chi connectivity index (χ3n) is 3.41. The molecule has 4 nitrogen and oxygen atoms in total. The summed E-state index contributed by atoms with van der Waals surface area (Å²) in [5.41, 5.74) is -0.840. The number of carbonyl (C=O) groups is 1. The van der Waals surface area contributed by atoms with Gasteiger partial charge in [0.1, 0.15) is 11.5 Å². The second-order valence-corrected chi connectivity index (χ2v) is 5.53. The van der Waals surface area contributed by atoms with Crippen LogP contribution in [0.5, 0.6) is 11.5 Å². The lowest BCUT2D eigenvalue weighted by atomic mass is 10.1. The Labute approximate surface area is 147 Å². The van der Waals surface area contributed by atoms with E-state index in [2.05, 4.69) is 5.32 Å². The number of anilines is 1. The van der Waals surface area contributed by atoms with Gasteiger partial charge in [0, 0.05) is 16.7 Å². The molecule has 0 aliphatic carbocycles. The number of hydrogen-bond donors (Lipinski definition) is 1. The van der Waals surface area contributed by atoms with Crippen molar-refractivity contribution in [1.29, 1.82) is 0 Å². The minimum Gasteiger partial charge on any atom is -0.497 e. The van der Waals surface area contributed by atoms with Gasteiger partial charge in [0.15, 0.2) is 0 Å². The van der Waals surface area contributed by atoms with Crippen molar-refractivity contribution in [3.63, 3.8) is 0 Å². The van der Waals surface area contributed by atoms with Gasteiger partial charge in [-0.25, -0.2) is 0 Å². The van der Waals surface area contributed by atoms with Crippen molar-refractivity contribution < 1.29 is 27.4 Å². The Morgan fingerprint density at radius 2 is 1.84 bits per heavy atom. The third-order valence-corrected chi connectivity index (χ3v) is 3.64. The maximum atomic E-state index is 13.1. The van der Waals surface area contributed by atoms with Crippen molar-refractivity contribution in [2.24, 2.45) is 0 Å². The molecule has 0 spiro atoms. The van der Waals surface area contributed by atoms with Gasteiger partial charge in [-0.15, -0.1) is 0 Å². The molecule has 0 aromatic heterocycles. The maximum absolute atomic E-state index is 13.1. The second kappa shape index (κ2) is 7.65. The largest absolute Gasteiger partial charge is 0.497 e. The Hall–Kier alpha value is -2.41. The number of amides is 1. The maximum Gasteiger partial charge on any atom is 0.418 e. The van der Waals surface area contributed by atoms with E-state index in [1.165, 1.54) is 20.3 Å². The summed E-state index contributed by atoms with van der Waals surface area (Å²) in [4.78, 5) is 12.2. The molecular formula is C17H15ClF3NO3. The zero-order chi connectivity index (χ0) is 18.6. The van der Waals surface area contributed by atoms with Gasteiger partial charge in [0.05, 0.1) is 31.9 Å². The fourth-order valence-electron chi connectivity index (χ4n) is 2.23. The Morgan fingerprint density at radius 3 is 2.44 bits per heavy atom. The SMILES string of the molecule is COc1ccc(CC(=O)Nc2ccc(Cl)cc2C(F)(F)F)c(OC)c1. The van der Waals surface area contributed by atoms with E-state index < -0.39 is 17.6 Å². The highest BCUT2D eigenvalue weighted by Gasteiger charge is 2.34. The van der Waals surface area contributed by atoms with Crippen molar-refractivity contribution in [3.05, 3.63) is 52.5 Å². The van der Waals surface area contributed by atoms with E-state index >= 15 is 0 Å². The molecule has 0 aliphatic heterocycles. The summed E-state index contributed by atoms with van der Waals surface area (Å²) in [6.45, 7) is 0. The highest BCUT2D eigenvalue weighted by molar-refractivity contribution is 6.30. The first-order chi connectivity index (χ1) is 11.7. The summed E-state index contributed by atoms with van der Waals surface area (Å²) in [5, 5.41) is 2.20. The summed E-state index contributed by atoms with van der Waals surface area (Å²) in [7, 11) is 2.91. The summed E-state index contributed by atoms with van der Waals surface area (Å²) in [6.07, 6.45) is -4.79. The van der Waals surface area contributed by atoms with Gasteiger partial charge < -0.3 is 14.8 Å². The molecule has 0 saturated carbocycles. The first kappa shape index (κ1) is 18.9. The van der Waals surface area contributed by atoms with Crippen molar-refractivity contribution in [3.8, 4) is 11.5 Å². The molecule has 0 aliphatic rings. The number of carbonyl (C=O) groups excluding carboxylic acids is 1. The van der Waals surface area contributed by atoms with Crippen LogP contribution in [0.2, 0.25) is 5.02 Å². The number of methoxy groups -OCH3 is 2. The lowest BCUT2D eigenvalue weighted by molar-refractivity contribution is -0.137. The standard InChI is InChI=1S/C17H15ClF3NO3/c1-24-12-5-3-10(15(9-12)25-2)7-16(23)22-14-6-4-11(18)8-13(14)17(19,20)21/h3-6,8-9H,7H2,1-2H3,(H,22,23). The summed E-state index contributed by atoms with van der Waals surface area (Å²) < 4.78 is 49.4. The zero-order valence-corrected chi connectivity index (χ0v) is 14.2. The predicted molar refractivity (Wildman–Crippen MR) is 88.3 cm³/mol. The molecule has 2 rings (SSSR count). The Kier molecular flexibility index (Phi) is 5.79. The molecule has 1 N–H and O–H groups in total. The van der Waals surface area contributed by atoms with Crippen LogP contribution in [0.4, 0.5) is 18.9 Å². The van der Waals surface area contributed by atoms with Crippen LogP contribution in [0.25, 0.3) is 0 Å². The van der Waals surface area contributed by atoms with Crippen molar-refractivity contribution >= 4 is 23.2 Å². The Morgan fingerprint density at radius 1 is 1.12 bits per heavy atom. The summed E-state index contributed by atoms with van der Waals surface area (Å²) in [6, 6.07) is 8.00. The van der Waals surface area contributed by atoms with E-state index in [-0.39, 0.29) is 17.1 Å². The van der Waals surface area contributed by atoms with Gasteiger partial charge >= 0.3 is 6.18 Å². The Bertz CT molecular complexity index is 778. The first-order valence-electron chi connectivity index (χ1n) is 7.12. The van der Waals surface area contributed by atoms with Crippen LogP contribution in [-0.2, 0) is 17.4 Å². The first-order valence-corrected chi connectivity index (χ1v) is 7.50. The summed E-state index contributed by atoms with van der Waals surface area (Å²) >= 11 is 5.62. The van der Waals surface area contributed by atoms with Gasteiger partial charge in [-0.2, -0.15) is 13.2 Å². The molecule has 0 fully saturated rings. The second-order valence-electron chi connectivity index (χ2n) is 5.09. The molecule has 134 valence electrons. The zero-order valence-electron chi connectivity index (χ0n) is 13.4. The van der Waals surface area contributed by atoms with E-state index in [4.69, 9.17) is 21.1 Å². The number of hydrogen-bond acceptors (Lipinski definition) is 3. The molecule has 8 heteroatoms. The lowest BCUT2D eigenvalue weighted by Crippen LogP contribution is -2.18. The van der Waals surface area contributed by atoms with Gasteiger partial charge in [-0.05, 0) is 24.3 Å². The fraction of sp³-hybridized carbons (Fsp3) is 0.235. The predicted octanol–water partition coefficient (Wildman–Crippen LogP) is 4.56. The molecule has 0 heterocycles. The van der Waals surface area contributed by atoms with E-state index in [0.29, 0.717) is 17.1 Å². The average Bonchev–Trinajstić information content (AvgIpc) is 2.55. The van der Waals surface area contributed by atoms with E-state index in [1.807, 2.05) is 0 Å². The molecule has 1 amide bonds. The van der Waals surface area contributed by atoms with Crippen LogP contribution >= 0.6 is 11.6 Å². The molecule has 0 saturated heterocycles. The number of nitrogens with one attached hydrogen (secondary N) is 1. The topological polar surface area (TPSA) is 47.6 Å². The van der Waals surface area contributed by atoms with Gasteiger partial charge in [0.2, 0.25) is 5.91 Å². The monoisotopic (exact) mass is 373 g/mol. The molecule has 2 aromatic carbocycles. The van der Waals surface area contributed by atoms with Crippen LogP contribution in [0.15, 0.2) is 36.4 Å². The minimum atomic E-state index is -4.63. The number of rotatable bonds is 5. The molecule has 25 heavy (non-hydrogen) atoms. The van der Waals surface area contributed by atoms with E-state index in [1.54, 1.807) is 18.2 Å². The molecule has 2 aromatic rings. The van der Waals surface area contributed by atoms with Crippen LogP contribution in [-0.4, -0.2) is 20.1 Å². The summed E-state index contributed by atoms with van der Waals surface area (Å²) in [5.74, 6) is 0.330. The van der Waals surface area contributed by atoms with Crippen LogP contribution in [0, 0.1) is 0 Å². The van der Waals surface area contributed by atoms with Gasteiger partial charge in [-0.1, -0.05) is 17.7 Å². The molecule has 0 radical (unpaired) electrons. The molecule has 0 unspecified atom stereocenters. The van der Waals surface area contributed by atoms with E-state index in [9.17, 15) is 18.0 Å². The highest BCUT2D eigenvalue weighted by atomic mass is 35.5. The average molecular weight is 374 g/mol. The number of halogens is 4. The van der Waals surface area contributed by atoms with Crippen LogP contribution < -0.4 is 14.8 Å². The number of ether oxygens (including phenoxy) is 2. The third kappa shape index (κ3) is 4.79. The van der Waals surface area contributed by atoms with Gasteiger partial charge in [-0.3, -0.25) is 4.79 Å².